The molecule has 0 heterocycles. The van der Waals surface area contributed by atoms with Crippen molar-refractivity contribution in [2.75, 3.05) is 14.2 Å². The fourth-order valence-electron chi connectivity index (χ4n) is 1.62. The van der Waals surface area contributed by atoms with Crippen molar-refractivity contribution in [1.82, 2.24) is 0 Å². The predicted molar refractivity (Wildman–Crippen MR) is 60.0 cm³/mol. The Morgan fingerprint density at radius 1 is 1.31 bits per heavy atom. The van der Waals surface area contributed by atoms with Crippen LogP contribution in [0.15, 0.2) is 18.2 Å². The lowest BCUT2D eigenvalue weighted by Crippen LogP contribution is -2.33. The van der Waals surface area contributed by atoms with Gasteiger partial charge in [-0.15, -0.1) is 0 Å². The molecular weight excluding hydrogens is 206 g/mol. The van der Waals surface area contributed by atoms with Crippen molar-refractivity contribution in [2.45, 2.75) is 18.4 Å². The molecule has 0 bridgehead atoms. The third-order valence-corrected chi connectivity index (χ3v) is 2.89. The van der Waals surface area contributed by atoms with Crippen LogP contribution >= 0.6 is 0 Å². The van der Waals surface area contributed by atoms with E-state index in [1.807, 2.05) is 0 Å². The molecule has 0 spiro atoms. The largest absolute Gasteiger partial charge is 0.497 e. The molecule has 16 heavy (non-hydrogen) atoms. The van der Waals surface area contributed by atoms with E-state index >= 15 is 0 Å². The molecule has 0 aliphatic heterocycles. The van der Waals surface area contributed by atoms with Crippen LogP contribution in [-0.4, -0.2) is 25.5 Å². The summed E-state index contributed by atoms with van der Waals surface area (Å²) in [5.41, 5.74) is 5.71. The van der Waals surface area contributed by atoms with Gasteiger partial charge in [-0.05, 0) is 31.0 Å². The Labute approximate surface area is 94.3 Å². The second-order valence-corrected chi connectivity index (χ2v) is 4.05. The fraction of sp³-hybridized carbons (Fsp3) is 0.417. The van der Waals surface area contributed by atoms with Crippen molar-refractivity contribution in [1.29, 1.82) is 0 Å². The van der Waals surface area contributed by atoms with Gasteiger partial charge in [0, 0.05) is 0 Å². The van der Waals surface area contributed by atoms with Crippen molar-refractivity contribution < 1.29 is 14.3 Å². The number of Topliss-reactive ketones (excluding diaryl/α,β-unsaturated/α-hetero) is 1. The van der Waals surface area contributed by atoms with Crippen LogP contribution < -0.4 is 15.2 Å². The van der Waals surface area contributed by atoms with Gasteiger partial charge in [-0.3, -0.25) is 4.79 Å². The van der Waals surface area contributed by atoms with Gasteiger partial charge in [-0.25, -0.2) is 0 Å². The Kier molecular flexibility index (Phi) is 2.59. The van der Waals surface area contributed by atoms with Crippen LogP contribution in [0.1, 0.15) is 23.2 Å². The molecule has 86 valence electrons. The van der Waals surface area contributed by atoms with Gasteiger partial charge in [0.15, 0.2) is 5.78 Å². The van der Waals surface area contributed by atoms with E-state index in [4.69, 9.17) is 15.2 Å². The van der Waals surface area contributed by atoms with E-state index in [-0.39, 0.29) is 5.78 Å². The van der Waals surface area contributed by atoms with Crippen molar-refractivity contribution in [3.05, 3.63) is 23.8 Å². The summed E-state index contributed by atoms with van der Waals surface area (Å²) in [4.78, 5) is 12.1. The minimum atomic E-state index is -0.681. The maximum Gasteiger partial charge on any atom is 0.186 e. The summed E-state index contributed by atoms with van der Waals surface area (Å²) in [6.45, 7) is 0. The molecule has 0 radical (unpaired) electrons. The summed E-state index contributed by atoms with van der Waals surface area (Å²) >= 11 is 0. The standard InChI is InChI=1S/C12H15NO3/c1-15-8-3-4-10(16-2)9(7-8)11(14)12(13)5-6-12/h3-4,7H,5-6,13H2,1-2H3. The molecule has 0 aromatic heterocycles. The molecule has 1 aromatic rings. The third-order valence-electron chi connectivity index (χ3n) is 2.89. The third kappa shape index (κ3) is 1.76. The van der Waals surface area contributed by atoms with Gasteiger partial charge in [0.2, 0.25) is 0 Å². The quantitative estimate of drug-likeness (QED) is 0.780. The topological polar surface area (TPSA) is 61.5 Å². The van der Waals surface area contributed by atoms with Gasteiger partial charge >= 0.3 is 0 Å². The van der Waals surface area contributed by atoms with Crippen molar-refractivity contribution in [3.63, 3.8) is 0 Å². The lowest BCUT2D eigenvalue weighted by molar-refractivity contribution is 0.0946. The number of ether oxygens (including phenoxy) is 2. The molecule has 2 N–H and O–H groups in total. The normalized spacial score (nSPS) is 16.7. The van der Waals surface area contributed by atoms with E-state index in [1.165, 1.54) is 7.11 Å². The molecule has 4 heteroatoms. The Morgan fingerprint density at radius 2 is 2.00 bits per heavy atom. The summed E-state index contributed by atoms with van der Waals surface area (Å²) < 4.78 is 10.2. The van der Waals surface area contributed by atoms with E-state index in [2.05, 4.69) is 0 Å². The number of carbonyl (C=O) groups excluding carboxylic acids is 1. The molecule has 1 aliphatic carbocycles. The van der Waals surface area contributed by atoms with Gasteiger partial charge in [-0.2, -0.15) is 0 Å². The smallest absolute Gasteiger partial charge is 0.186 e. The highest BCUT2D eigenvalue weighted by Gasteiger charge is 2.46. The van der Waals surface area contributed by atoms with Crippen LogP contribution in [0.5, 0.6) is 11.5 Å². The molecule has 1 aromatic carbocycles. The van der Waals surface area contributed by atoms with E-state index in [0.717, 1.165) is 12.8 Å². The second-order valence-electron chi connectivity index (χ2n) is 4.05. The average molecular weight is 221 g/mol. The molecule has 1 fully saturated rings. The molecular formula is C12H15NO3. The van der Waals surface area contributed by atoms with E-state index < -0.39 is 5.54 Å². The Morgan fingerprint density at radius 3 is 2.50 bits per heavy atom. The Balaban J connectivity index is 2.40. The first kappa shape index (κ1) is 11.0. The number of nitrogens with two attached hydrogens (primary N) is 1. The minimum Gasteiger partial charge on any atom is -0.497 e. The minimum absolute atomic E-state index is 0.0664. The van der Waals surface area contributed by atoms with E-state index in [0.29, 0.717) is 17.1 Å². The average Bonchev–Trinajstić information content (AvgIpc) is 3.06. The molecule has 0 unspecified atom stereocenters. The molecule has 0 atom stereocenters. The number of carbonyl (C=O) groups is 1. The molecule has 1 saturated carbocycles. The van der Waals surface area contributed by atoms with E-state index in [1.54, 1.807) is 25.3 Å². The maximum absolute atomic E-state index is 12.1. The number of ketones is 1. The summed E-state index contributed by atoms with van der Waals surface area (Å²) in [6.07, 6.45) is 1.48. The van der Waals surface area contributed by atoms with Gasteiger partial charge in [0.05, 0.1) is 25.3 Å². The van der Waals surface area contributed by atoms with Crippen molar-refractivity contribution >= 4 is 5.78 Å². The van der Waals surface area contributed by atoms with Crippen LogP contribution in [0.4, 0.5) is 0 Å². The van der Waals surface area contributed by atoms with Crippen molar-refractivity contribution in [3.8, 4) is 11.5 Å². The van der Waals surface area contributed by atoms with Gasteiger partial charge in [-0.1, -0.05) is 0 Å². The number of hydrogen-bond acceptors (Lipinski definition) is 4. The number of rotatable bonds is 4. The monoisotopic (exact) mass is 221 g/mol. The maximum atomic E-state index is 12.1. The molecule has 2 rings (SSSR count). The second kappa shape index (κ2) is 3.79. The first-order chi connectivity index (χ1) is 7.60. The number of methoxy groups -OCH3 is 2. The highest BCUT2D eigenvalue weighted by Crippen LogP contribution is 2.38. The molecule has 4 nitrogen and oxygen atoms in total. The van der Waals surface area contributed by atoms with E-state index in [9.17, 15) is 4.79 Å². The van der Waals surface area contributed by atoms with Crippen molar-refractivity contribution in [2.24, 2.45) is 5.73 Å². The van der Waals surface area contributed by atoms with Crippen LogP contribution in [0, 0.1) is 0 Å². The molecule has 1 aliphatic rings. The van der Waals surface area contributed by atoms with Gasteiger partial charge < -0.3 is 15.2 Å². The lowest BCUT2D eigenvalue weighted by atomic mass is 10.0. The van der Waals surface area contributed by atoms with Crippen LogP contribution in [0.3, 0.4) is 0 Å². The first-order valence-electron chi connectivity index (χ1n) is 5.16. The van der Waals surface area contributed by atoms with Gasteiger partial charge in [0.25, 0.3) is 0 Å². The van der Waals surface area contributed by atoms with Crippen LogP contribution in [0.25, 0.3) is 0 Å². The Bertz CT molecular complexity index is 424. The first-order valence-corrected chi connectivity index (χ1v) is 5.16. The zero-order valence-electron chi connectivity index (χ0n) is 9.45. The lowest BCUT2D eigenvalue weighted by Gasteiger charge is -2.12. The summed E-state index contributed by atoms with van der Waals surface area (Å²) in [6, 6.07) is 5.15. The number of hydrogen-bond donors (Lipinski definition) is 1. The molecule has 0 saturated heterocycles. The summed E-state index contributed by atoms with van der Waals surface area (Å²) in [5.74, 6) is 1.11. The van der Waals surface area contributed by atoms with Crippen LogP contribution in [0.2, 0.25) is 0 Å². The highest BCUT2D eigenvalue weighted by atomic mass is 16.5. The Hall–Kier alpha value is -1.55. The zero-order chi connectivity index (χ0) is 11.8. The SMILES string of the molecule is COc1ccc(OC)c(C(=O)C2(N)CC2)c1. The number of benzene rings is 1. The summed E-state index contributed by atoms with van der Waals surface area (Å²) in [7, 11) is 3.10. The van der Waals surface area contributed by atoms with Crippen LogP contribution in [-0.2, 0) is 0 Å². The predicted octanol–water partition coefficient (Wildman–Crippen LogP) is 1.38. The molecule has 0 amide bonds. The fourth-order valence-corrected chi connectivity index (χ4v) is 1.62. The summed E-state index contributed by atoms with van der Waals surface area (Å²) in [5, 5.41) is 0. The zero-order valence-corrected chi connectivity index (χ0v) is 9.45. The van der Waals surface area contributed by atoms with Gasteiger partial charge in [0.1, 0.15) is 11.5 Å². The highest BCUT2D eigenvalue weighted by molar-refractivity contribution is 6.07.